The molecule has 3 aliphatic rings. The van der Waals surface area contributed by atoms with Crippen LogP contribution in [-0.4, -0.2) is 41.9 Å². The molecule has 0 radical (unpaired) electrons. The number of methoxy groups -OCH3 is 1. The van der Waals surface area contributed by atoms with Crippen molar-refractivity contribution in [1.82, 2.24) is 0 Å². The van der Waals surface area contributed by atoms with Crippen LogP contribution in [0.5, 0.6) is 0 Å². The molecule has 1 heterocycles. The van der Waals surface area contributed by atoms with Crippen LogP contribution in [0.3, 0.4) is 0 Å². The van der Waals surface area contributed by atoms with Gasteiger partial charge in [-0.15, -0.1) is 0 Å². The number of carbonyl (C=O) groups is 1. The Kier molecular flexibility index (Phi) is 12.2. The van der Waals surface area contributed by atoms with E-state index in [9.17, 15) is 9.90 Å². The molecule has 0 saturated heterocycles. The fourth-order valence-electron chi connectivity index (χ4n) is 6.99. The van der Waals surface area contributed by atoms with Crippen molar-refractivity contribution in [2.75, 3.05) is 7.11 Å². The zero-order chi connectivity index (χ0) is 33.6. The van der Waals surface area contributed by atoms with Gasteiger partial charge in [0.05, 0.1) is 23.9 Å². The lowest BCUT2D eigenvalue weighted by Gasteiger charge is -2.44. The number of hydrogen-bond donors (Lipinski definition) is 1. The molecule has 0 spiro atoms. The quantitative estimate of drug-likeness (QED) is 0.186. The average molecular weight is 613 g/mol. The van der Waals surface area contributed by atoms with Gasteiger partial charge in [-0.2, -0.15) is 0 Å². The molecule has 2 aliphatic carbocycles. The lowest BCUT2D eigenvalue weighted by molar-refractivity contribution is -0.114. The topological polar surface area (TPSA) is 55.8 Å². The summed E-state index contributed by atoms with van der Waals surface area (Å²) in [5.74, 6) is 0.0847. The fraction of sp³-hybridized carbons (Fsp3) is 0.488. The van der Waals surface area contributed by atoms with Crippen LogP contribution in [0.1, 0.15) is 88.5 Å². The molecule has 4 unspecified atom stereocenters. The van der Waals surface area contributed by atoms with E-state index in [0.717, 1.165) is 46.3 Å². The minimum Gasteiger partial charge on any atom is -0.393 e. The van der Waals surface area contributed by atoms with Crippen molar-refractivity contribution in [1.29, 1.82) is 0 Å². The van der Waals surface area contributed by atoms with Gasteiger partial charge < -0.3 is 14.6 Å². The van der Waals surface area contributed by atoms with E-state index < -0.39 is 0 Å². The van der Waals surface area contributed by atoms with E-state index in [1.54, 1.807) is 14.0 Å². The highest BCUT2D eigenvalue weighted by atomic mass is 16.5. The minimum atomic E-state index is -0.390. The number of ketones is 1. The molecule has 0 aromatic carbocycles. The van der Waals surface area contributed by atoms with Crippen LogP contribution in [0, 0.1) is 10.8 Å². The second-order valence-electron chi connectivity index (χ2n) is 14.6. The molecular formula is C41H56O4. The molecule has 1 saturated carbocycles. The molecule has 4 atom stereocenters. The largest absolute Gasteiger partial charge is 0.393 e. The lowest BCUT2D eigenvalue weighted by atomic mass is 9.65. The Bertz CT molecular complexity index is 1430. The van der Waals surface area contributed by atoms with Gasteiger partial charge in [0.15, 0.2) is 5.78 Å². The van der Waals surface area contributed by atoms with Crippen molar-refractivity contribution in [3.05, 3.63) is 118 Å². The molecule has 3 rings (SSSR count). The first-order valence-corrected chi connectivity index (χ1v) is 16.3. The molecular weight excluding hydrogens is 556 g/mol. The number of rotatable bonds is 11. The van der Waals surface area contributed by atoms with E-state index in [2.05, 4.69) is 141 Å². The average Bonchev–Trinajstić information content (AvgIpc) is 3.42. The van der Waals surface area contributed by atoms with Gasteiger partial charge in [-0.3, -0.25) is 4.79 Å². The number of aliphatic hydroxyl groups excluding tert-OH is 1. The third-order valence-corrected chi connectivity index (χ3v) is 9.30. The molecule has 4 heteroatoms. The summed E-state index contributed by atoms with van der Waals surface area (Å²) < 4.78 is 12.1. The monoisotopic (exact) mass is 612 g/mol. The Balaban J connectivity index is 1.55. The molecule has 0 bridgehead atoms. The summed E-state index contributed by atoms with van der Waals surface area (Å²) in [4.78, 5) is 12.3. The highest BCUT2D eigenvalue weighted by Gasteiger charge is 2.50. The van der Waals surface area contributed by atoms with Crippen molar-refractivity contribution in [2.24, 2.45) is 10.8 Å². The first-order valence-electron chi connectivity index (χ1n) is 16.3. The normalized spacial score (nSPS) is 29.6. The number of carbonyl (C=O) groups excluding carboxylic acids is 1. The number of ether oxygens (including phenoxy) is 2. The number of Topliss-reactive ketones (excluding diaryl/α,β-unsaturated/α-hetero) is 1. The van der Waals surface area contributed by atoms with E-state index in [1.165, 1.54) is 5.57 Å². The van der Waals surface area contributed by atoms with E-state index in [4.69, 9.17) is 9.47 Å². The number of aliphatic hydroxyl groups is 1. The van der Waals surface area contributed by atoms with Crippen molar-refractivity contribution >= 4 is 5.78 Å². The van der Waals surface area contributed by atoms with Crippen molar-refractivity contribution in [3.8, 4) is 0 Å². The maximum atomic E-state index is 12.3. The molecule has 1 fully saturated rings. The summed E-state index contributed by atoms with van der Waals surface area (Å²) in [6.45, 7) is 20.8. The molecule has 0 aromatic rings. The first-order chi connectivity index (χ1) is 21.0. The van der Waals surface area contributed by atoms with E-state index in [-0.39, 0.29) is 40.5 Å². The summed E-state index contributed by atoms with van der Waals surface area (Å²) in [6.07, 6.45) is 29.0. The Labute approximate surface area is 273 Å². The Morgan fingerprint density at radius 1 is 0.800 bits per heavy atom. The Hall–Kier alpha value is -3.05. The standard InChI is InChI=1S/C41H56O4/c1-28(18-14-19-30(3)22-23-34-38(32(5)42)36(44-11)27-39(34,6)7)16-12-13-17-29(2)20-15-21-31(4)35-24-37-40(8,9)25-33(43)26-41(37,10)45-35/h12-24,33,35-36,43H,25-27H2,1-11H3. The van der Waals surface area contributed by atoms with E-state index in [0.29, 0.717) is 6.42 Å². The molecule has 4 nitrogen and oxygen atoms in total. The summed E-state index contributed by atoms with van der Waals surface area (Å²) >= 11 is 0. The van der Waals surface area contributed by atoms with Crippen LogP contribution in [-0.2, 0) is 14.3 Å². The van der Waals surface area contributed by atoms with Gasteiger partial charge in [0, 0.05) is 19.1 Å². The van der Waals surface area contributed by atoms with Gasteiger partial charge in [0.1, 0.15) is 0 Å². The summed E-state index contributed by atoms with van der Waals surface area (Å²) in [6, 6.07) is 0. The maximum Gasteiger partial charge on any atom is 0.158 e. The molecule has 0 aromatic heterocycles. The number of fused-ring (bicyclic) bond motifs is 1. The smallest absolute Gasteiger partial charge is 0.158 e. The predicted molar refractivity (Wildman–Crippen MR) is 189 cm³/mol. The highest BCUT2D eigenvalue weighted by molar-refractivity contribution is 5.96. The Morgan fingerprint density at radius 3 is 1.93 bits per heavy atom. The third-order valence-electron chi connectivity index (χ3n) is 9.30. The highest BCUT2D eigenvalue weighted by Crippen LogP contribution is 2.52. The van der Waals surface area contributed by atoms with Crippen LogP contribution in [0.4, 0.5) is 0 Å². The van der Waals surface area contributed by atoms with Gasteiger partial charge in [-0.1, -0.05) is 117 Å². The van der Waals surface area contributed by atoms with Crippen molar-refractivity contribution in [2.45, 2.75) is 112 Å². The molecule has 45 heavy (non-hydrogen) atoms. The second kappa shape index (κ2) is 15.0. The van der Waals surface area contributed by atoms with Crippen LogP contribution in [0.15, 0.2) is 118 Å². The van der Waals surface area contributed by atoms with E-state index in [1.807, 2.05) is 0 Å². The summed E-state index contributed by atoms with van der Waals surface area (Å²) in [5.41, 5.74) is 7.23. The summed E-state index contributed by atoms with van der Waals surface area (Å²) in [5, 5.41) is 10.4. The predicted octanol–water partition coefficient (Wildman–Crippen LogP) is 9.59. The maximum absolute atomic E-state index is 12.3. The van der Waals surface area contributed by atoms with Gasteiger partial charge in [-0.05, 0) is 88.0 Å². The molecule has 1 N–H and O–H groups in total. The Morgan fingerprint density at radius 2 is 1.36 bits per heavy atom. The van der Waals surface area contributed by atoms with Crippen molar-refractivity contribution < 1.29 is 19.4 Å². The SMILES string of the molecule is COC1CC(C)(C)C(C=CC(C)=CC=CC(C)=CC=CC=C(C)C=CC=C(C)C2C=C3C(C)(C)CC(O)CC3(C)O2)=C1C(C)=O. The van der Waals surface area contributed by atoms with Crippen LogP contribution in [0.2, 0.25) is 0 Å². The van der Waals surface area contributed by atoms with Gasteiger partial charge in [-0.25, -0.2) is 0 Å². The summed E-state index contributed by atoms with van der Waals surface area (Å²) in [7, 11) is 1.68. The minimum absolute atomic E-state index is 0.0549. The molecule has 0 amide bonds. The van der Waals surface area contributed by atoms with Gasteiger partial charge in [0.2, 0.25) is 0 Å². The van der Waals surface area contributed by atoms with Crippen LogP contribution >= 0.6 is 0 Å². The van der Waals surface area contributed by atoms with Gasteiger partial charge >= 0.3 is 0 Å². The number of allylic oxidation sites excluding steroid dienone is 16. The van der Waals surface area contributed by atoms with Crippen molar-refractivity contribution in [3.63, 3.8) is 0 Å². The van der Waals surface area contributed by atoms with Gasteiger partial charge in [0.25, 0.3) is 0 Å². The number of hydrogen-bond acceptors (Lipinski definition) is 4. The second-order valence-corrected chi connectivity index (χ2v) is 14.6. The van der Waals surface area contributed by atoms with Crippen LogP contribution < -0.4 is 0 Å². The third kappa shape index (κ3) is 9.48. The zero-order valence-electron chi connectivity index (χ0n) is 29.5. The first kappa shape index (κ1) is 36.4. The molecule has 244 valence electrons. The van der Waals surface area contributed by atoms with Crippen LogP contribution in [0.25, 0.3) is 0 Å². The van der Waals surface area contributed by atoms with E-state index >= 15 is 0 Å². The zero-order valence-corrected chi connectivity index (χ0v) is 29.5. The molecule has 1 aliphatic heterocycles. The lowest BCUT2D eigenvalue weighted by Crippen LogP contribution is -2.45. The fourth-order valence-corrected chi connectivity index (χ4v) is 6.99.